The second-order valence-corrected chi connectivity index (χ2v) is 8.88. The highest BCUT2D eigenvalue weighted by atomic mass is 79.9. The Bertz CT molecular complexity index is 425. The predicted octanol–water partition coefficient (Wildman–Crippen LogP) is 4.08. The Hall–Kier alpha value is -0.310. The zero-order chi connectivity index (χ0) is 12.2. The van der Waals surface area contributed by atoms with Gasteiger partial charge in [-0.3, -0.25) is 5.10 Å². The maximum Gasteiger partial charge on any atom is 0.0490 e. The second-order valence-electron chi connectivity index (χ2n) is 7.19. The molecule has 1 aromatic rings. The van der Waals surface area contributed by atoms with Crippen LogP contribution >= 0.6 is 15.9 Å². The zero-order valence-corrected chi connectivity index (χ0v) is 12.4. The predicted molar refractivity (Wildman–Crippen MR) is 75.7 cm³/mol. The van der Waals surface area contributed by atoms with Gasteiger partial charge in [0.15, 0.2) is 0 Å². The van der Waals surface area contributed by atoms with E-state index in [1.807, 2.05) is 6.20 Å². The van der Waals surface area contributed by atoms with Crippen LogP contribution in [0.1, 0.15) is 50.6 Å². The number of nitrogens with zero attached hydrogens (tertiary/aromatic N) is 1. The van der Waals surface area contributed by atoms with Gasteiger partial charge in [0.05, 0.1) is 0 Å². The molecule has 18 heavy (non-hydrogen) atoms. The van der Waals surface area contributed by atoms with Crippen molar-refractivity contribution in [3.8, 4) is 0 Å². The summed E-state index contributed by atoms with van der Waals surface area (Å²) < 4.78 is 0.505. The Morgan fingerprint density at radius 1 is 1.28 bits per heavy atom. The van der Waals surface area contributed by atoms with Crippen molar-refractivity contribution < 1.29 is 0 Å². The van der Waals surface area contributed by atoms with Gasteiger partial charge < -0.3 is 0 Å². The first-order valence-electron chi connectivity index (χ1n) is 7.32. The molecule has 0 aromatic carbocycles. The summed E-state index contributed by atoms with van der Waals surface area (Å²) in [5.74, 6) is 2.01. The Kier molecular flexibility index (Phi) is 2.46. The monoisotopic (exact) mass is 308 g/mol. The molecule has 1 N–H and O–H groups in total. The summed E-state index contributed by atoms with van der Waals surface area (Å²) >= 11 is 4.09. The van der Waals surface area contributed by atoms with Crippen molar-refractivity contribution in [3.63, 3.8) is 0 Å². The Morgan fingerprint density at radius 2 is 2.06 bits per heavy atom. The molecule has 0 saturated heterocycles. The van der Waals surface area contributed by atoms with Gasteiger partial charge in [0, 0.05) is 16.2 Å². The molecule has 0 aliphatic heterocycles. The van der Waals surface area contributed by atoms with Crippen LogP contribution in [0, 0.1) is 17.3 Å². The molecule has 2 unspecified atom stereocenters. The van der Waals surface area contributed by atoms with Gasteiger partial charge in [0.25, 0.3) is 0 Å². The van der Waals surface area contributed by atoms with Crippen molar-refractivity contribution in [2.45, 2.75) is 55.7 Å². The summed E-state index contributed by atoms with van der Waals surface area (Å²) in [5, 5.41) is 7.18. The lowest BCUT2D eigenvalue weighted by atomic mass is 9.48. The van der Waals surface area contributed by atoms with Gasteiger partial charge in [-0.05, 0) is 74.7 Å². The molecule has 2 atom stereocenters. The number of aromatic nitrogens is 2. The van der Waals surface area contributed by atoms with Gasteiger partial charge >= 0.3 is 0 Å². The summed E-state index contributed by atoms with van der Waals surface area (Å²) in [5.41, 5.74) is 1.95. The average Bonchev–Trinajstić information content (AvgIpc) is 2.75. The zero-order valence-electron chi connectivity index (χ0n) is 10.8. The molecule has 0 radical (unpaired) electrons. The molecule has 2 nitrogen and oxygen atoms in total. The summed E-state index contributed by atoms with van der Waals surface area (Å²) in [6.07, 6.45) is 13.2. The van der Waals surface area contributed by atoms with Crippen LogP contribution in [-0.4, -0.2) is 14.5 Å². The third-order valence-electron chi connectivity index (χ3n) is 5.59. The lowest BCUT2D eigenvalue weighted by molar-refractivity contribution is -0.0397. The van der Waals surface area contributed by atoms with E-state index >= 15 is 0 Å². The number of aryl methyl sites for hydroxylation is 1. The van der Waals surface area contributed by atoms with Gasteiger partial charge in [0.1, 0.15) is 0 Å². The highest BCUT2D eigenvalue weighted by molar-refractivity contribution is 9.10. The van der Waals surface area contributed by atoms with Gasteiger partial charge in [0.2, 0.25) is 0 Å². The molecule has 0 spiro atoms. The van der Waals surface area contributed by atoms with Gasteiger partial charge in [-0.2, -0.15) is 5.10 Å². The maximum atomic E-state index is 4.09. The Labute approximate surface area is 117 Å². The second kappa shape index (κ2) is 3.84. The van der Waals surface area contributed by atoms with Crippen LogP contribution in [-0.2, 0) is 6.42 Å². The number of hydrogen-bond acceptors (Lipinski definition) is 1. The van der Waals surface area contributed by atoms with Crippen LogP contribution in [0.4, 0.5) is 0 Å². The SMILES string of the molecule is BrC12CC3CC(C1)CC(CCc1ccn[nH]1)(C3)C2. The van der Waals surface area contributed by atoms with E-state index in [1.165, 1.54) is 57.1 Å². The molecular formula is C15H21BrN2. The first-order valence-corrected chi connectivity index (χ1v) is 8.11. The minimum Gasteiger partial charge on any atom is -0.283 e. The molecule has 4 aliphatic carbocycles. The molecule has 4 bridgehead atoms. The summed E-state index contributed by atoms with van der Waals surface area (Å²) in [7, 11) is 0. The average molecular weight is 309 g/mol. The van der Waals surface area contributed by atoms with Crippen molar-refractivity contribution in [3.05, 3.63) is 18.0 Å². The number of hydrogen-bond donors (Lipinski definition) is 1. The van der Waals surface area contributed by atoms with E-state index in [1.54, 1.807) is 0 Å². The van der Waals surface area contributed by atoms with E-state index in [9.17, 15) is 0 Å². The van der Waals surface area contributed by atoms with Crippen LogP contribution in [0.2, 0.25) is 0 Å². The number of aromatic amines is 1. The minimum absolute atomic E-state index is 0.505. The fourth-order valence-corrected chi connectivity index (χ4v) is 6.96. The number of nitrogens with one attached hydrogen (secondary N) is 1. The van der Waals surface area contributed by atoms with Gasteiger partial charge in [-0.1, -0.05) is 15.9 Å². The quantitative estimate of drug-likeness (QED) is 0.838. The smallest absolute Gasteiger partial charge is 0.0490 e. The molecule has 1 aromatic heterocycles. The molecule has 4 saturated carbocycles. The van der Waals surface area contributed by atoms with Gasteiger partial charge in [-0.25, -0.2) is 0 Å². The lowest BCUT2D eigenvalue weighted by Gasteiger charge is -2.60. The number of rotatable bonds is 3. The number of halogens is 1. The summed E-state index contributed by atoms with van der Waals surface area (Å²) in [6.45, 7) is 0. The first kappa shape index (κ1) is 11.5. The molecule has 5 rings (SSSR count). The largest absolute Gasteiger partial charge is 0.283 e. The topological polar surface area (TPSA) is 28.7 Å². The third-order valence-corrected chi connectivity index (χ3v) is 6.52. The lowest BCUT2D eigenvalue weighted by Crippen LogP contribution is -2.52. The molecule has 0 amide bonds. The van der Waals surface area contributed by atoms with E-state index < -0.39 is 0 Å². The van der Waals surface area contributed by atoms with Crippen LogP contribution in [0.25, 0.3) is 0 Å². The Morgan fingerprint density at radius 3 is 2.67 bits per heavy atom. The van der Waals surface area contributed by atoms with E-state index in [-0.39, 0.29) is 0 Å². The summed E-state index contributed by atoms with van der Waals surface area (Å²) in [6, 6.07) is 2.13. The van der Waals surface area contributed by atoms with Crippen LogP contribution in [0.5, 0.6) is 0 Å². The normalized spacial score (nSPS) is 45.6. The standard InChI is InChI=1S/C15H21BrN2/c16-15-8-11-5-12(9-15)7-14(6-11,10-15)3-1-13-2-4-17-18-13/h2,4,11-12H,1,3,5-10H2,(H,17,18). The first-order chi connectivity index (χ1) is 8.65. The van der Waals surface area contributed by atoms with E-state index in [0.29, 0.717) is 9.74 Å². The number of H-pyrrole nitrogens is 1. The van der Waals surface area contributed by atoms with Crippen molar-refractivity contribution in [1.82, 2.24) is 10.2 Å². The fourth-order valence-electron chi connectivity index (χ4n) is 5.45. The highest BCUT2D eigenvalue weighted by Gasteiger charge is 2.56. The van der Waals surface area contributed by atoms with Crippen LogP contribution in [0.3, 0.4) is 0 Å². The molecular weight excluding hydrogens is 288 g/mol. The molecule has 4 fully saturated rings. The Balaban J connectivity index is 1.53. The van der Waals surface area contributed by atoms with Gasteiger partial charge in [-0.15, -0.1) is 0 Å². The maximum absolute atomic E-state index is 4.09. The van der Waals surface area contributed by atoms with Crippen molar-refractivity contribution in [2.24, 2.45) is 17.3 Å². The number of alkyl halides is 1. The molecule has 98 valence electrons. The van der Waals surface area contributed by atoms with Crippen LogP contribution in [0.15, 0.2) is 12.3 Å². The van der Waals surface area contributed by atoms with E-state index in [2.05, 4.69) is 32.2 Å². The fraction of sp³-hybridized carbons (Fsp3) is 0.800. The highest BCUT2D eigenvalue weighted by Crippen LogP contribution is 2.65. The van der Waals surface area contributed by atoms with Crippen molar-refractivity contribution in [2.75, 3.05) is 0 Å². The molecule has 1 heterocycles. The van der Waals surface area contributed by atoms with E-state index in [0.717, 1.165) is 11.8 Å². The van der Waals surface area contributed by atoms with Crippen LogP contribution < -0.4 is 0 Å². The molecule has 4 aliphatic rings. The van der Waals surface area contributed by atoms with Crippen molar-refractivity contribution >= 4 is 15.9 Å². The van der Waals surface area contributed by atoms with Crippen molar-refractivity contribution in [1.29, 1.82) is 0 Å². The molecule has 3 heteroatoms. The summed E-state index contributed by atoms with van der Waals surface area (Å²) in [4.78, 5) is 0. The third kappa shape index (κ3) is 1.86. The minimum atomic E-state index is 0.505. The van der Waals surface area contributed by atoms with E-state index in [4.69, 9.17) is 0 Å².